The molecule has 3 rings (SSSR count). The molecule has 0 fully saturated rings. The molecule has 31 heavy (non-hydrogen) atoms. The number of methoxy groups -OCH3 is 2. The Kier molecular flexibility index (Phi) is 8.09. The molecule has 0 aliphatic carbocycles. The lowest BCUT2D eigenvalue weighted by Crippen LogP contribution is -2.16. The van der Waals surface area contributed by atoms with Gasteiger partial charge >= 0.3 is 5.97 Å². The van der Waals surface area contributed by atoms with Crippen molar-refractivity contribution < 1.29 is 23.7 Å². The molecule has 0 aliphatic rings. The van der Waals surface area contributed by atoms with Gasteiger partial charge in [0.1, 0.15) is 23.7 Å². The van der Waals surface area contributed by atoms with Crippen LogP contribution in [-0.4, -0.2) is 20.2 Å². The van der Waals surface area contributed by atoms with Gasteiger partial charge in [-0.3, -0.25) is 0 Å². The van der Waals surface area contributed by atoms with E-state index in [4.69, 9.17) is 30.5 Å². The molecule has 0 N–H and O–H groups in total. The minimum absolute atomic E-state index is 0.228. The summed E-state index contributed by atoms with van der Waals surface area (Å²) in [5, 5.41) is 0.327. The molecule has 0 unspecified atom stereocenters. The average Bonchev–Trinajstić information content (AvgIpc) is 2.79. The molecular formula is C24H22BrClO5. The van der Waals surface area contributed by atoms with Crippen LogP contribution in [0.4, 0.5) is 0 Å². The van der Waals surface area contributed by atoms with Crippen LogP contribution in [0.5, 0.6) is 11.5 Å². The summed E-state index contributed by atoms with van der Waals surface area (Å²) in [7, 11) is 3.02. The maximum atomic E-state index is 13.1. The van der Waals surface area contributed by atoms with Crippen LogP contribution in [0.25, 0.3) is 0 Å². The van der Waals surface area contributed by atoms with Crippen LogP contribution in [0.1, 0.15) is 33.3 Å². The van der Waals surface area contributed by atoms with Gasteiger partial charge < -0.3 is 18.9 Å². The number of ether oxygens (including phenoxy) is 4. The number of carbonyl (C=O) groups excluding carboxylic acids is 1. The number of benzene rings is 3. The second-order valence-electron chi connectivity index (χ2n) is 6.65. The fourth-order valence-electron chi connectivity index (χ4n) is 3.11. The highest BCUT2D eigenvalue weighted by Gasteiger charge is 2.30. The van der Waals surface area contributed by atoms with Crippen LogP contribution in [0.2, 0.25) is 5.02 Å². The summed E-state index contributed by atoms with van der Waals surface area (Å²) in [5.41, 5.74) is 2.21. The number of esters is 1. The van der Waals surface area contributed by atoms with Gasteiger partial charge in [0.2, 0.25) is 0 Å². The fraction of sp³-hybridized carbons (Fsp3) is 0.208. The first-order valence-electron chi connectivity index (χ1n) is 9.48. The van der Waals surface area contributed by atoms with Gasteiger partial charge in [-0.15, -0.1) is 0 Å². The summed E-state index contributed by atoms with van der Waals surface area (Å²) in [6, 6.07) is 18.5. The molecule has 0 aromatic heterocycles. The number of rotatable bonds is 8. The number of hydrogen-bond donors (Lipinski definition) is 0. The van der Waals surface area contributed by atoms with Crippen LogP contribution in [0, 0.1) is 6.92 Å². The van der Waals surface area contributed by atoms with Crippen LogP contribution >= 0.6 is 27.5 Å². The van der Waals surface area contributed by atoms with Crippen LogP contribution < -0.4 is 9.47 Å². The van der Waals surface area contributed by atoms with E-state index in [0.717, 1.165) is 5.56 Å². The predicted octanol–water partition coefficient (Wildman–Crippen LogP) is 6.50. The molecule has 0 radical (unpaired) electrons. The van der Waals surface area contributed by atoms with Gasteiger partial charge in [0.25, 0.3) is 0 Å². The highest BCUT2D eigenvalue weighted by Crippen LogP contribution is 2.44. The van der Waals surface area contributed by atoms with E-state index < -0.39 is 12.3 Å². The number of carbonyl (C=O) groups is 1. The molecule has 0 aliphatic heterocycles. The third kappa shape index (κ3) is 5.28. The van der Waals surface area contributed by atoms with Crippen molar-refractivity contribution in [2.24, 2.45) is 0 Å². The summed E-state index contributed by atoms with van der Waals surface area (Å²) < 4.78 is 23.0. The molecule has 7 heteroatoms. The molecule has 0 saturated heterocycles. The Hall–Kier alpha value is -2.38. The largest absolute Gasteiger partial charge is 0.487 e. The number of hydrogen-bond acceptors (Lipinski definition) is 5. The lowest BCUT2D eigenvalue weighted by atomic mass is 10.0. The second-order valence-corrected chi connectivity index (χ2v) is 7.82. The SMILES string of the molecule is COC(OC)c1c(Cl)c(C)c(C(=O)Oc2ccccc2)c(OCc2ccccc2)c1Br. The van der Waals surface area contributed by atoms with Crippen LogP contribution in [-0.2, 0) is 16.1 Å². The van der Waals surface area contributed by atoms with Crippen molar-refractivity contribution in [2.75, 3.05) is 14.2 Å². The molecule has 162 valence electrons. The van der Waals surface area contributed by atoms with Gasteiger partial charge in [0.05, 0.1) is 9.50 Å². The van der Waals surface area contributed by atoms with Gasteiger partial charge in [-0.05, 0) is 46.1 Å². The summed E-state index contributed by atoms with van der Waals surface area (Å²) >= 11 is 10.2. The number of halogens is 2. The summed E-state index contributed by atoms with van der Waals surface area (Å²) in [6.07, 6.45) is -0.751. The lowest BCUT2D eigenvalue weighted by molar-refractivity contribution is -0.106. The topological polar surface area (TPSA) is 54.0 Å². The second kappa shape index (κ2) is 10.8. The van der Waals surface area contributed by atoms with E-state index in [-0.39, 0.29) is 12.2 Å². The Morgan fingerprint density at radius 2 is 1.58 bits per heavy atom. The molecule has 5 nitrogen and oxygen atoms in total. The van der Waals surface area contributed by atoms with Crippen molar-refractivity contribution >= 4 is 33.5 Å². The van der Waals surface area contributed by atoms with E-state index in [1.54, 1.807) is 31.2 Å². The highest BCUT2D eigenvalue weighted by molar-refractivity contribution is 9.10. The van der Waals surface area contributed by atoms with E-state index in [0.29, 0.717) is 32.1 Å². The predicted molar refractivity (Wildman–Crippen MR) is 123 cm³/mol. The maximum Gasteiger partial charge on any atom is 0.347 e. The Morgan fingerprint density at radius 3 is 2.16 bits per heavy atom. The van der Waals surface area contributed by atoms with Crippen molar-refractivity contribution in [3.63, 3.8) is 0 Å². The minimum Gasteiger partial charge on any atom is -0.487 e. The quantitative estimate of drug-likeness (QED) is 0.199. The van der Waals surface area contributed by atoms with Crippen molar-refractivity contribution in [1.82, 2.24) is 0 Å². The summed E-state index contributed by atoms with van der Waals surface area (Å²) in [6.45, 7) is 1.98. The Labute approximate surface area is 195 Å². The molecule has 0 amide bonds. The third-order valence-corrected chi connectivity index (χ3v) is 5.93. The van der Waals surface area contributed by atoms with Gasteiger partial charge in [0.15, 0.2) is 6.29 Å². The zero-order valence-electron chi connectivity index (χ0n) is 17.4. The Bertz CT molecular complexity index is 1040. The molecule has 3 aromatic rings. The zero-order valence-corrected chi connectivity index (χ0v) is 19.7. The van der Waals surface area contributed by atoms with Crippen molar-refractivity contribution in [3.05, 3.63) is 92.4 Å². The van der Waals surface area contributed by atoms with E-state index in [9.17, 15) is 4.79 Å². The van der Waals surface area contributed by atoms with Gasteiger partial charge in [-0.25, -0.2) is 4.79 Å². The molecule has 3 aromatic carbocycles. The monoisotopic (exact) mass is 504 g/mol. The average molecular weight is 506 g/mol. The molecular weight excluding hydrogens is 484 g/mol. The summed E-state index contributed by atoms with van der Waals surface area (Å²) in [5.74, 6) is 0.150. The molecule has 0 atom stereocenters. The minimum atomic E-state index is -0.751. The first-order chi connectivity index (χ1) is 15.0. The summed E-state index contributed by atoms with van der Waals surface area (Å²) in [4.78, 5) is 13.1. The normalized spacial score (nSPS) is 10.9. The third-order valence-electron chi connectivity index (χ3n) is 4.65. The van der Waals surface area contributed by atoms with Crippen LogP contribution in [0.15, 0.2) is 65.1 Å². The molecule has 0 bridgehead atoms. The highest BCUT2D eigenvalue weighted by atomic mass is 79.9. The molecule has 0 saturated carbocycles. The van der Waals surface area contributed by atoms with E-state index in [2.05, 4.69) is 15.9 Å². The van der Waals surface area contributed by atoms with Gasteiger partial charge in [-0.1, -0.05) is 60.1 Å². The smallest absolute Gasteiger partial charge is 0.347 e. The first-order valence-corrected chi connectivity index (χ1v) is 10.7. The molecule has 0 spiro atoms. The van der Waals surface area contributed by atoms with E-state index >= 15 is 0 Å². The first kappa shape index (κ1) is 23.3. The standard InChI is InChI=1S/C24H22BrClO5/c1-15-18(23(27)31-17-12-8-5-9-13-17)22(30-14-16-10-6-4-7-11-16)20(25)19(21(15)26)24(28-2)29-3/h4-13,24H,14H2,1-3H3. The number of para-hydroxylation sites is 1. The van der Waals surface area contributed by atoms with Crippen molar-refractivity contribution in [3.8, 4) is 11.5 Å². The lowest BCUT2D eigenvalue weighted by Gasteiger charge is -2.23. The van der Waals surface area contributed by atoms with Crippen molar-refractivity contribution in [2.45, 2.75) is 19.8 Å². The van der Waals surface area contributed by atoms with Gasteiger partial charge in [0, 0.05) is 19.8 Å². The fourth-order valence-corrected chi connectivity index (χ4v) is 4.20. The molecule has 0 heterocycles. The Morgan fingerprint density at radius 1 is 1.00 bits per heavy atom. The van der Waals surface area contributed by atoms with Gasteiger partial charge in [-0.2, -0.15) is 0 Å². The zero-order chi connectivity index (χ0) is 22.4. The van der Waals surface area contributed by atoms with E-state index in [1.165, 1.54) is 14.2 Å². The Balaban J connectivity index is 2.09. The van der Waals surface area contributed by atoms with Crippen molar-refractivity contribution in [1.29, 1.82) is 0 Å². The maximum absolute atomic E-state index is 13.1. The van der Waals surface area contributed by atoms with E-state index in [1.807, 2.05) is 36.4 Å². The van der Waals surface area contributed by atoms with Crippen LogP contribution in [0.3, 0.4) is 0 Å².